The Labute approximate surface area is 212 Å². The lowest BCUT2D eigenvalue weighted by atomic mass is 10.0. The predicted octanol–water partition coefficient (Wildman–Crippen LogP) is 6.08. The van der Waals surface area contributed by atoms with Gasteiger partial charge in [-0.2, -0.15) is 17.5 Å². The van der Waals surface area contributed by atoms with E-state index in [1.54, 1.807) is 12.1 Å². The Kier molecular flexibility index (Phi) is 7.26. The van der Waals surface area contributed by atoms with Gasteiger partial charge in [0.2, 0.25) is 0 Å². The van der Waals surface area contributed by atoms with Crippen molar-refractivity contribution in [3.8, 4) is 11.3 Å². The highest BCUT2D eigenvalue weighted by atomic mass is 35.5. The van der Waals surface area contributed by atoms with Gasteiger partial charge in [-0.1, -0.05) is 23.7 Å². The Bertz CT molecular complexity index is 1370. The number of carbonyl (C=O) groups is 1. The number of halogens is 6. The van der Waals surface area contributed by atoms with Gasteiger partial charge in [0, 0.05) is 24.6 Å². The Hall–Kier alpha value is -2.41. The van der Waals surface area contributed by atoms with Crippen LogP contribution in [0.3, 0.4) is 0 Å². The number of nitrogens with zero attached hydrogens (tertiary/aromatic N) is 2. The smallest absolute Gasteiger partial charge is 0.298 e. The van der Waals surface area contributed by atoms with Gasteiger partial charge in [-0.15, -0.1) is 11.3 Å². The van der Waals surface area contributed by atoms with Crippen LogP contribution in [0.15, 0.2) is 58.9 Å². The number of hydrogen-bond donors (Lipinski definition) is 0. The van der Waals surface area contributed by atoms with Crippen LogP contribution in [0, 0.1) is 0 Å². The second-order valence-corrected chi connectivity index (χ2v) is 12.1. The summed E-state index contributed by atoms with van der Waals surface area (Å²) in [6.45, 7) is -1.10. The molecule has 0 N–H and O–H groups in total. The summed E-state index contributed by atoms with van der Waals surface area (Å²) in [7, 11) is -4.35. The van der Waals surface area contributed by atoms with Crippen molar-refractivity contribution in [3.05, 3.63) is 70.2 Å². The van der Waals surface area contributed by atoms with Crippen LogP contribution < -0.4 is 0 Å². The molecule has 0 spiro atoms. The highest BCUT2D eigenvalue weighted by molar-refractivity contribution is 7.91. The molecule has 1 saturated heterocycles. The monoisotopic (exact) mass is 564 g/mol. The van der Waals surface area contributed by atoms with Crippen LogP contribution in [-0.2, 0) is 27.4 Å². The standard InChI is InChI=1S/C23H18ClF5N2O3S2/c24-20-7-8-21(35-20)36(33,34)31-13-22(25,26)12-18(31)19(32)6-1-14-9-10-30-17(11-14)15-2-4-16(5-3-15)23(27,28)29/h2-5,7-11,18H,1,6,12-13H2/t18-/m0/s1. The van der Waals surface area contributed by atoms with Crippen molar-refractivity contribution in [1.82, 2.24) is 9.29 Å². The van der Waals surface area contributed by atoms with Gasteiger partial charge in [-0.25, -0.2) is 17.2 Å². The van der Waals surface area contributed by atoms with Crippen LogP contribution in [0.2, 0.25) is 4.34 Å². The molecule has 4 rings (SSSR count). The zero-order valence-corrected chi connectivity index (χ0v) is 20.7. The van der Waals surface area contributed by atoms with Crippen molar-refractivity contribution in [2.24, 2.45) is 0 Å². The first kappa shape index (κ1) is 26.6. The van der Waals surface area contributed by atoms with Gasteiger partial charge >= 0.3 is 6.18 Å². The van der Waals surface area contributed by atoms with Gasteiger partial charge in [-0.3, -0.25) is 9.78 Å². The summed E-state index contributed by atoms with van der Waals surface area (Å²) in [5.41, 5.74) is 0.599. The summed E-state index contributed by atoms with van der Waals surface area (Å²) in [6.07, 6.45) is -4.07. The third-order valence-corrected chi connectivity index (χ3v) is 9.26. The summed E-state index contributed by atoms with van der Waals surface area (Å²) in [4.78, 5) is 17.0. The van der Waals surface area contributed by atoms with E-state index >= 15 is 0 Å². The van der Waals surface area contributed by atoms with E-state index in [1.165, 1.54) is 30.5 Å². The molecule has 0 radical (unpaired) electrons. The highest BCUT2D eigenvalue weighted by Crippen LogP contribution is 2.39. The van der Waals surface area contributed by atoms with Crippen LogP contribution in [0.5, 0.6) is 0 Å². The van der Waals surface area contributed by atoms with Crippen LogP contribution in [0.4, 0.5) is 22.0 Å². The molecule has 1 aromatic carbocycles. The van der Waals surface area contributed by atoms with Crippen molar-refractivity contribution in [2.45, 2.75) is 41.6 Å². The summed E-state index contributed by atoms with van der Waals surface area (Å²) < 4.78 is 93.1. The van der Waals surface area contributed by atoms with Crippen molar-refractivity contribution >= 4 is 38.7 Å². The number of ketones is 1. The van der Waals surface area contributed by atoms with Crippen LogP contribution in [0.25, 0.3) is 11.3 Å². The molecular weight excluding hydrogens is 547 g/mol. The van der Waals surface area contributed by atoms with Crippen molar-refractivity contribution in [1.29, 1.82) is 0 Å². The summed E-state index contributed by atoms with van der Waals surface area (Å²) in [5, 5.41) is 0. The first-order valence-electron chi connectivity index (χ1n) is 10.6. The summed E-state index contributed by atoms with van der Waals surface area (Å²) in [5.74, 6) is -4.02. The first-order chi connectivity index (χ1) is 16.8. The Morgan fingerprint density at radius 1 is 1.14 bits per heavy atom. The second kappa shape index (κ2) is 9.81. The minimum absolute atomic E-state index is 0.107. The molecule has 0 unspecified atom stereocenters. The molecule has 36 heavy (non-hydrogen) atoms. The molecule has 0 bridgehead atoms. The van der Waals surface area contributed by atoms with Gasteiger partial charge in [0.05, 0.1) is 28.2 Å². The molecule has 3 heterocycles. The number of carbonyl (C=O) groups excluding carboxylic acids is 1. The van der Waals surface area contributed by atoms with Gasteiger partial charge in [0.15, 0.2) is 5.78 Å². The van der Waals surface area contributed by atoms with Gasteiger partial charge in [0.1, 0.15) is 4.21 Å². The second-order valence-electron chi connectivity index (χ2n) is 8.28. The third-order valence-electron chi connectivity index (χ3n) is 5.70. The molecule has 2 aromatic heterocycles. The van der Waals surface area contributed by atoms with E-state index in [0.29, 0.717) is 21.1 Å². The molecule has 5 nitrogen and oxygen atoms in total. The number of pyridine rings is 1. The number of Topliss-reactive ketones (excluding diaryl/α,β-unsaturated/α-hetero) is 1. The fraction of sp³-hybridized carbons (Fsp3) is 0.304. The van der Waals surface area contributed by atoms with E-state index in [-0.39, 0.29) is 21.4 Å². The maximum absolute atomic E-state index is 14.2. The quantitative estimate of drug-likeness (QED) is 0.326. The zero-order valence-electron chi connectivity index (χ0n) is 18.3. The fourth-order valence-corrected chi connectivity index (χ4v) is 7.17. The van der Waals surface area contributed by atoms with Gasteiger partial charge < -0.3 is 0 Å². The van der Waals surface area contributed by atoms with Crippen LogP contribution in [0.1, 0.15) is 24.0 Å². The minimum atomic E-state index is -4.47. The number of aromatic nitrogens is 1. The molecule has 1 aliphatic rings. The lowest BCUT2D eigenvalue weighted by Crippen LogP contribution is -2.40. The molecule has 0 saturated carbocycles. The van der Waals surface area contributed by atoms with Gasteiger partial charge in [-0.05, 0) is 48.4 Å². The average Bonchev–Trinajstić information content (AvgIpc) is 3.40. The van der Waals surface area contributed by atoms with E-state index in [2.05, 4.69) is 4.98 Å². The molecule has 1 aliphatic heterocycles. The highest BCUT2D eigenvalue weighted by Gasteiger charge is 2.52. The molecule has 0 aliphatic carbocycles. The number of hydrogen-bond acceptors (Lipinski definition) is 5. The molecule has 0 amide bonds. The van der Waals surface area contributed by atoms with Crippen molar-refractivity contribution in [3.63, 3.8) is 0 Å². The molecule has 3 aromatic rings. The van der Waals surface area contributed by atoms with Crippen molar-refractivity contribution in [2.75, 3.05) is 6.54 Å². The van der Waals surface area contributed by atoms with Crippen LogP contribution >= 0.6 is 22.9 Å². The number of alkyl halides is 5. The number of aryl methyl sites for hydroxylation is 1. The minimum Gasteiger partial charge on any atom is -0.298 e. The number of sulfonamides is 1. The average molecular weight is 565 g/mol. The Morgan fingerprint density at radius 2 is 1.83 bits per heavy atom. The molecule has 1 fully saturated rings. The van der Waals surface area contributed by atoms with Crippen LogP contribution in [-0.4, -0.2) is 42.0 Å². The van der Waals surface area contributed by atoms with Crippen molar-refractivity contribution < 1.29 is 35.2 Å². The molecular formula is C23H18ClF5N2O3S2. The molecule has 1 atom stereocenters. The van der Waals surface area contributed by atoms with E-state index in [1.807, 2.05) is 0 Å². The largest absolute Gasteiger partial charge is 0.416 e. The fourth-order valence-electron chi connectivity index (χ4n) is 3.92. The van der Waals surface area contributed by atoms with E-state index < -0.39 is 52.5 Å². The topological polar surface area (TPSA) is 67.3 Å². The Morgan fingerprint density at radius 3 is 2.44 bits per heavy atom. The Balaban J connectivity index is 1.49. The predicted molar refractivity (Wildman–Crippen MR) is 125 cm³/mol. The lowest BCUT2D eigenvalue weighted by Gasteiger charge is -2.21. The molecule has 13 heteroatoms. The first-order valence-corrected chi connectivity index (χ1v) is 13.2. The number of benzene rings is 1. The summed E-state index contributed by atoms with van der Waals surface area (Å²) in [6, 6.07) is 8.62. The van der Waals surface area contributed by atoms with E-state index in [4.69, 9.17) is 11.6 Å². The maximum Gasteiger partial charge on any atom is 0.416 e. The maximum atomic E-state index is 14.2. The lowest BCUT2D eigenvalue weighted by molar-refractivity contribution is -0.137. The zero-order chi connectivity index (χ0) is 26.3. The van der Waals surface area contributed by atoms with E-state index in [0.717, 1.165) is 23.5 Å². The number of rotatable bonds is 7. The SMILES string of the molecule is O=C(CCc1ccnc(-c2ccc(C(F)(F)F)cc2)c1)[C@@H]1CC(F)(F)CN1S(=O)(=O)c1ccc(Cl)s1. The third kappa shape index (κ3) is 5.77. The normalized spacial score (nSPS) is 18.4. The van der Waals surface area contributed by atoms with Gasteiger partial charge in [0.25, 0.3) is 15.9 Å². The molecule has 192 valence electrons. The number of thiophene rings is 1. The summed E-state index contributed by atoms with van der Waals surface area (Å²) >= 11 is 6.51. The van der Waals surface area contributed by atoms with E-state index in [9.17, 15) is 35.2 Å².